The van der Waals surface area contributed by atoms with Crippen molar-refractivity contribution in [2.45, 2.75) is 18.9 Å². The topological polar surface area (TPSA) is 127 Å². The fourth-order valence-electron chi connectivity index (χ4n) is 3.78. The highest BCUT2D eigenvalue weighted by Crippen LogP contribution is 2.32. The Morgan fingerprint density at radius 2 is 1.71 bits per heavy atom. The first-order valence-corrected chi connectivity index (χ1v) is 13.1. The van der Waals surface area contributed by atoms with Crippen molar-refractivity contribution in [1.82, 2.24) is 14.9 Å². The predicted molar refractivity (Wildman–Crippen MR) is 131 cm³/mol. The lowest BCUT2D eigenvalue weighted by Gasteiger charge is -2.27. The summed E-state index contributed by atoms with van der Waals surface area (Å²) in [6.07, 6.45) is 0.206. The molecular formula is C23H33N4O7P. The number of carbonyl (C=O) groups excluding carboxylic acids is 4. The molecule has 35 heavy (non-hydrogen) atoms. The third kappa shape index (κ3) is 7.28. The Bertz CT molecular complexity index is 929. The van der Waals surface area contributed by atoms with Crippen molar-refractivity contribution in [3.63, 3.8) is 0 Å². The number of piperidine rings is 1. The third-order valence-electron chi connectivity index (χ3n) is 5.73. The molecule has 11 nitrogen and oxygen atoms in total. The van der Waals surface area contributed by atoms with Crippen LogP contribution in [-0.2, 0) is 23.8 Å². The normalized spacial score (nSPS) is 18.1. The number of fused-ring (bicyclic) bond motifs is 1. The predicted octanol–water partition coefficient (Wildman–Crippen LogP) is 0.705. The molecule has 0 bridgehead atoms. The Labute approximate surface area is 206 Å². The lowest BCUT2D eigenvalue weighted by molar-refractivity contribution is -0.136. The zero-order valence-corrected chi connectivity index (χ0v) is 21.1. The van der Waals surface area contributed by atoms with E-state index in [1.807, 2.05) is 0 Å². The van der Waals surface area contributed by atoms with Crippen molar-refractivity contribution in [2.24, 2.45) is 0 Å². The molecule has 1 saturated heterocycles. The van der Waals surface area contributed by atoms with Crippen molar-refractivity contribution in [2.75, 3.05) is 71.8 Å². The fourth-order valence-corrected chi connectivity index (χ4v) is 4.09. The van der Waals surface area contributed by atoms with Gasteiger partial charge in [-0.25, -0.2) is 0 Å². The molecule has 1 fully saturated rings. The molecule has 192 valence electrons. The third-order valence-corrected chi connectivity index (χ3v) is 6.71. The van der Waals surface area contributed by atoms with Gasteiger partial charge < -0.3 is 19.5 Å². The number of likely N-dealkylation sites (N-methyl/N-ethyl adjacent to an activating group) is 1. The maximum atomic E-state index is 13.0. The Hall–Kier alpha value is -2.43. The number of nitrogens with zero attached hydrogens (tertiary/aromatic N) is 2. The van der Waals surface area contributed by atoms with Crippen molar-refractivity contribution < 1.29 is 33.4 Å². The molecule has 0 radical (unpaired) electrons. The maximum Gasteiger partial charge on any atom is 0.264 e. The lowest BCUT2D eigenvalue weighted by atomic mass is 10.0. The van der Waals surface area contributed by atoms with Gasteiger partial charge in [-0.15, -0.1) is 0 Å². The van der Waals surface area contributed by atoms with Crippen molar-refractivity contribution >= 4 is 38.0 Å². The van der Waals surface area contributed by atoms with Crippen molar-refractivity contribution in [3.05, 3.63) is 29.3 Å². The summed E-state index contributed by atoms with van der Waals surface area (Å²) in [6, 6.07) is 3.96. The SMILES string of the molecule is CPN(C)CCOCCOCCOCCNc1cccc2c1C(=O)N(C1CCC(=O)NC1=O)C2=O. The summed E-state index contributed by atoms with van der Waals surface area (Å²) in [6.45, 7) is 6.46. The van der Waals surface area contributed by atoms with Gasteiger partial charge in [0.2, 0.25) is 11.8 Å². The Morgan fingerprint density at radius 3 is 2.40 bits per heavy atom. The average Bonchev–Trinajstić information content (AvgIpc) is 3.10. The van der Waals surface area contributed by atoms with E-state index >= 15 is 0 Å². The Morgan fingerprint density at radius 1 is 1.03 bits per heavy atom. The van der Waals surface area contributed by atoms with Gasteiger partial charge in [-0.3, -0.25) is 34.1 Å². The van der Waals surface area contributed by atoms with Crippen molar-refractivity contribution in [1.29, 1.82) is 0 Å². The van der Waals surface area contributed by atoms with Crippen LogP contribution in [-0.4, -0.2) is 106 Å². The largest absolute Gasteiger partial charge is 0.382 e. The minimum Gasteiger partial charge on any atom is -0.382 e. The van der Waals surface area contributed by atoms with Gasteiger partial charge >= 0.3 is 0 Å². The van der Waals surface area contributed by atoms with Gasteiger partial charge in [0, 0.05) is 25.2 Å². The number of hydrogen-bond donors (Lipinski definition) is 2. The summed E-state index contributed by atoms with van der Waals surface area (Å²) in [4.78, 5) is 50.5. The second-order valence-corrected chi connectivity index (χ2v) is 9.30. The standard InChI is InChI=1S/C23H33N4O7P/c1-26(35-2)9-11-33-13-15-34-14-12-32-10-8-24-17-5-3-4-16-20(17)23(31)27(22(16)30)18-6-7-19(28)25-21(18)29/h3-5,18,24,35H,6-15H2,1-2H3,(H,25,28,29). The lowest BCUT2D eigenvalue weighted by Crippen LogP contribution is -2.54. The molecule has 12 heteroatoms. The van der Waals surface area contributed by atoms with Crippen LogP contribution in [0.3, 0.4) is 0 Å². The van der Waals surface area contributed by atoms with Gasteiger partial charge in [0.15, 0.2) is 0 Å². The monoisotopic (exact) mass is 508 g/mol. The molecule has 0 spiro atoms. The number of nitrogens with one attached hydrogen (secondary N) is 2. The first-order chi connectivity index (χ1) is 16.9. The number of rotatable bonds is 15. The molecule has 0 aromatic heterocycles. The first-order valence-electron chi connectivity index (χ1n) is 11.6. The number of ether oxygens (including phenoxy) is 3. The van der Waals surface area contributed by atoms with Crippen LogP contribution in [0.1, 0.15) is 33.6 Å². The molecule has 3 rings (SSSR count). The van der Waals surface area contributed by atoms with Gasteiger partial charge in [0.1, 0.15) is 6.04 Å². The molecule has 1 aromatic carbocycles. The number of imide groups is 2. The summed E-state index contributed by atoms with van der Waals surface area (Å²) in [7, 11) is 2.83. The average molecular weight is 509 g/mol. The van der Waals surface area contributed by atoms with Gasteiger partial charge in [-0.1, -0.05) is 14.8 Å². The smallest absolute Gasteiger partial charge is 0.264 e. The van der Waals surface area contributed by atoms with E-state index in [4.69, 9.17) is 14.2 Å². The fraction of sp³-hybridized carbons (Fsp3) is 0.565. The molecule has 2 atom stereocenters. The van der Waals surface area contributed by atoms with Crippen LogP contribution in [0.4, 0.5) is 5.69 Å². The molecule has 4 amide bonds. The minimum atomic E-state index is -0.986. The number of benzene rings is 1. The first kappa shape index (κ1) is 27.2. The summed E-state index contributed by atoms with van der Waals surface area (Å²) >= 11 is 0. The highest BCUT2D eigenvalue weighted by Gasteiger charge is 2.45. The molecular weight excluding hydrogens is 475 g/mol. The number of amides is 4. The molecule has 0 saturated carbocycles. The van der Waals surface area contributed by atoms with E-state index in [1.54, 1.807) is 18.2 Å². The van der Waals surface area contributed by atoms with Gasteiger partial charge in [-0.2, -0.15) is 0 Å². The number of anilines is 1. The summed E-state index contributed by atoms with van der Waals surface area (Å²) in [5.41, 5.74) is 0.973. The van der Waals surface area contributed by atoms with E-state index in [0.29, 0.717) is 51.9 Å². The number of hydrogen-bond acceptors (Lipinski definition) is 9. The summed E-state index contributed by atoms with van der Waals surface area (Å²) in [5.74, 6) is -2.10. The van der Waals surface area contributed by atoms with E-state index in [-0.39, 0.29) is 24.0 Å². The van der Waals surface area contributed by atoms with Gasteiger partial charge in [0.25, 0.3) is 11.8 Å². The zero-order chi connectivity index (χ0) is 25.2. The Kier molecular flexibility index (Phi) is 10.6. The second-order valence-electron chi connectivity index (χ2n) is 8.08. The zero-order valence-electron chi connectivity index (χ0n) is 20.1. The van der Waals surface area contributed by atoms with E-state index in [1.165, 1.54) is 0 Å². The van der Waals surface area contributed by atoms with E-state index in [0.717, 1.165) is 20.2 Å². The summed E-state index contributed by atoms with van der Waals surface area (Å²) in [5, 5.41) is 5.33. The van der Waals surface area contributed by atoms with Crippen LogP contribution in [0, 0.1) is 0 Å². The number of carbonyl (C=O) groups is 4. The van der Waals surface area contributed by atoms with Gasteiger partial charge in [-0.05, 0) is 32.3 Å². The molecule has 2 N–H and O–H groups in total. The van der Waals surface area contributed by atoms with Crippen LogP contribution in [0.5, 0.6) is 0 Å². The maximum absolute atomic E-state index is 13.0. The van der Waals surface area contributed by atoms with Crippen LogP contribution in [0.25, 0.3) is 0 Å². The molecule has 2 aliphatic rings. The van der Waals surface area contributed by atoms with Crippen molar-refractivity contribution in [3.8, 4) is 0 Å². The molecule has 2 unspecified atom stereocenters. The summed E-state index contributed by atoms with van der Waals surface area (Å²) < 4.78 is 18.7. The van der Waals surface area contributed by atoms with Crippen LogP contribution in [0.15, 0.2) is 18.2 Å². The van der Waals surface area contributed by atoms with E-state index in [9.17, 15) is 19.2 Å². The van der Waals surface area contributed by atoms with Crippen LogP contribution in [0.2, 0.25) is 0 Å². The van der Waals surface area contributed by atoms with Gasteiger partial charge in [0.05, 0.1) is 50.8 Å². The molecule has 2 aliphatic heterocycles. The van der Waals surface area contributed by atoms with E-state index < -0.39 is 29.7 Å². The quantitative estimate of drug-likeness (QED) is 0.200. The highest BCUT2D eigenvalue weighted by molar-refractivity contribution is 7.34. The van der Waals surface area contributed by atoms with E-state index in [2.05, 4.69) is 29.0 Å². The molecule has 2 heterocycles. The van der Waals surface area contributed by atoms with Crippen LogP contribution >= 0.6 is 8.73 Å². The molecule has 0 aliphatic carbocycles. The minimum absolute atomic E-state index is 0.0831. The molecule has 1 aromatic rings. The van der Waals surface area contributed by atoms with Crippen LogP contribution < -0.4 is 10.6 Å². The Balaban J connectivity index is 1.37. The highest BCUT2D eigenvalue weighted by atomic mass is 31.1. The second kappa shape index (κ2) is 13.6.